The lowest BCUT2D eigenvalue weighted by molar-refractivity contribution is 0.0709. The Bertz CT molecular complexity index is 1270. The van der Waals surface area contributed by atoms with E-state index in [1.54, 1.807) is 6.07 Å². The predicted octanol–water partition coefficient (Wildman–Crippen LogP) is 5.69. The highest BCUT2D eigenvalue weighted by atomic mass is 35.5. The summed E-state index contributed by atoms with van der Waals surface area (Å²) in [5.74, 6) is -0.144. The normalized spacial score (nSPS) is 19.1. The molecular weight excluding hydrogens is 492 g/mol. The average molecular weight is 523 g/mol. The number of thiophene rings is 1. The molecule has 36 heavy (non-hydrogen) atoms. The number of carbonyl (C=O) groups excluding carboxylic acids is 2. The minimum absolute atomic E-state index is 0.0243. The van der Waals surface area contributed by atoms with Gasteiger partial charge in [0.2, 0.25) is 0 Å². The van der Waals surface area contributed by atoms with Crippen LogP contribution in [0.5, 0.6) is 0 Å². The Hall–Kier alpha value is -2.90. The summed E-state index contributed by atoms with van der Waals surface area (Å²) in [5.41, 5.74) is 3.94. The van der Waals surface area contributed by atoms with Gasteiger partial charge in [-0.1, -0.05) is 31.5 Å². The maximum atomic E-state index is 13.5. The summed E-state index contributed by atoms with van der Waals surface area (Å²) in [6.07, 6.45) is 6.25. The van der Waals surface area contributed by atoms with E-state index < -0.39 is 0 Å². The van der Waals surface area contributed by atoms with E-state index in [1.807, 2.05) is 54.0 Å². The first-order valence-corrected chi connectivity index (χ1v) is 13.6. The predicted molar refractivity (Wildman–Crippen MR) is 145 cm³/mol. The number of nitrogens with zero attached hydrogens (tertiary/aromatic N) is 3. The van der Waals surface area contributed by atoms with Gasteiger partial charge < -0.3 is 15.1 Å². The highest BCUT2D eigenvalue weighted by Gasteiger charge is 2.38. The van der Waals surface area contributed by atoms with Crippen LogP contribution in [0.2, 0.25) is 5.02 Å². The van der Waals surface area contributed by atoms with Crippen LogP contribution in [0.25, 0.3) is 0 Å². The van der Waals surface area contributed by atoms with Gasteiger partial charge in [0, 0.05) is 49.8 Å². The summed E-state index contributed by atoms with van der Waals surface area (Å²) in [6.45, 7) is 6.18. The second-order valence-corrected chi connectivity index (χ2v) is 11.7. The van der Waals surface area contributed by atoms with Crippen LogP contribution in [0.3, 0.4) is 0 Å². The van der Waals surface area contributed by atoms with Crippen molar-refractivity contribution in [2.45, 2.75) is 50.6 Å². The smallest absolute Gasteiger partial charge is 0.263 e. The summed E-state index contributed by atoms with van der Waals surface area (Å²) in [4.78, 5) is 35.3. The molecule has 0 bridgehead atoms. The molecule has 5 rings (SSSR count). The number of rotatable bonds is 5. The van der Waals surface area contributed by atoms with E-state index in [9.17, 15) is 9.59 Å². The number of pyridine rings is 1. The Kier molecular flexibility index (Phi) is 6.79. The zero-order valence-corrected chi connectivity index (χ0v) is 22.4. The van der Waals surface area contributed by atoms with E-state index in [-0.39, 0.29) is 29.3 Å². The molecule has 0 radical (unpaired) electrons. The Labute approximate surface area is 221 Å². The van der Waals surface area contributed by atoms with Gasteiger partial charge in [-0.2, -0.15) is 0 Å². The summed E-state index contributed by atoms with van der Waals surface area (Å²) in [6, 6.07) is 11.8. The molecule has 0 saturated carbocycles. The Balaban J connectivity index is 1.30. The molecule has 2 aromatic heterocycles. The third kappa shape index (κ3) is 4.74. The zero-order chi connectivity index (χ0) is 25.4. The molecule has 1 aromatic carbocycles. The van der Waals surface area contributed by atoms with Crippen LogP contribution in [0.15, 0.2) is 54.2 Å². The second kappa shape index (κ2) is 9.87. The van der Waals surface area contributed by atoms with E-state index in [0.717, 1.165) is 37.9 Å². The first-order chi connectivity index (χ1) is 17.2. The number of nitrogens with one attached hydrogen (secondary N) is 1. The molecule has 188 valence electrons. The summed E-state index contributed by atoms with van der Waals surface area (Å²) >= 11 is 7.53. The maximum absolute atomic E-state index is 13.5. The van der Waals surface area contributed by atoms with Gasteiger partial charge in [-0.15, -0.1) is 11.3 Å². The molecule has 1 fully saturated rings. The molecule has 8 heteroatoms. The molecule has 2 aliphatic rings. The van der Waals surface area contributed by atoms with Gasteiger partial charge >= 0.3 is 0 Å². The molecule has 0 spiro atoms. The standard InChI is InChI=1S/C28H31ClN4O2S/c1-28(2)17-24(31-26(34)25-23(29)10-15-36-25)21-16-18(4-5-22(21)28)27(35)32(3)19-8-13-33(14-9-19)20-6-11-30-12-7-20/h4-7,10-12,15-16,19,24H,8-9,13-14,17H2,1-3H3,(H,31,34). The molecule has 1 aliphatic carbocycles. The largest absolute Gasteiger partial charge is 0.371 e. The molecule has 1 N–H and O–H groups in total. The number of halogens is 1. The number of amides is 2. The van der Waals surface area contributed by atoms with E-state index in [1.165, 1.54) is 22.6 Å². The number of carbonyl (C=O) groups is 2. The number of aromatic nitrogens is 1. The first-order valence-electron chi connectivity index (χ1n) is 12.3. The Morgan fingerprint density at radius 1 is 1.14 bits per heavy atom. The minimum Gasteiger partial charge on any atom is -0.371 e. The van der Waals surface area contributed by atoms with Crippen molar-refractivity contribution in [3.63, 3.8) is 0 Å². The lowest BCUT2D eigenvalue weighted by Gasteiger charge is -2.38. The van der Waals surface area contributed by atoms with Gasteiger partial charge in [-0.3, -0.25) is 14.6 Å². The van der Waals surface area contributed by atoms with Gasteiger partial charge in [0.25, 0.3) is 11.8 Å². The van der Waals surface area contributed by atoms with Crippen LogP contribution in [-0.4, -0.2) is 47.9 Å². The molecule has 3 heterocycles. The molecule has 1 aliphatic heterocycles. The van der Waals surface area contributed by atoms with Crippen molar-refractivity contribution in [2.24, 2.45) is 0 Å². The number of hydrogen-bond donors (Lipinski definition) is 1. The molecule has 1 unspecified atom stereocenters. The summed E-state index contributed by atoms with van der Waals surface area (Å²) < 4.78 is 0. The van der Waals surface area contributed by atoms with E-state index in [4.69, 9.17) is 11.6 Å². The number of anilines is 1. The van der Waals surface area contributed by atoms with E-state index in [0.29, 0.717) is 15.5 Å². The summed E-state index contributed by atoms with van der Waals surface area (Å²) in [5, 5.41) is 5.45. The van der Waals surface area contributed by atoms with Crippen molar-refractivity contribution in [3.8, 4) is 0 Å². The van der Waals surface area contributed by atoms with Crippen molar-refractivity contribution in [1.82, 2.24) is 15.2 Å². The quantitative estimate of drug-likeness (QED) is 0.467. The fourth-order valence-corrected chi connectivity index (χ4v) is 6.62. The maximum Gasteiger partial charge on any atom is 0.263 e. The molecule has 3 aromatic rings. The third-order valence-corrected chi connectivity index (χ3v) is 8.95. The minimum atomic E-state index is -0.168. The topological polar surface area (TPSA) is 65.5 Å². The van der Waals surface area contributed by atoms with Crippen LogP contribution in [0.4, 0.5) is 5.69 Å². The van der Waals surface area contributed by atoms with Gasteiger partial charge in [-0.25, -0.2) is 0 Å². The molecule has 6 nitrogen and oxygen atoms in total. The number of piperidine rings is 1. The molecule has 1 atom stereocenters. The number of benzene rings is 1. The first kappa shape index (κ1) is 24.8. The fraction of sp³-hybridized carbons (Fsp3) is 0.393. The number of fused-ring (bicyclic) bond motifs is 1. The van der Waals surface area contributed by atoms with Crippen molar-refractivity contribution < 1.29 is 9.59 Å². The third-order valence-electron chi connectivity index (χ3n) is 7.61. The van der Waals surface area contributed by atoms with Crippen molar-refractivity contribution in [1.29, 1.82) is 0 Å². The van der Waals surface area contributed by atoms with Gasteiger partial charge in [0.1, 0.15) is 4.88 Å². The molecular formula is C28H31ClN4O2S. The van der Waals surface area contributed by atoms with Crippen LogP contribution >= 0.6 is 22.9 Å². The fourth-order valence-electron chi connectivity index (χ4n) is 5.57. The lowest BCUT2D eigenvalue weighted by Crippen LogP contribution is -2.45. The van der Waals surface area contributed by atoms with Crippen molar-refractivity contribution in [2.75, 3.05) is 25.0 Å². The van der Waals surface area contributed by atoms with Gasteiger partial charge in [0.05, 0.1) is 11.1 Å². The zero-order valence-electron chi connectivity index (χ0n) is 20.8. The van der Waals surface area contributed by atoms with Gasteiger partial charge in [-0.05, 0) is 71.5 Å². The highest BCUT2D eigenvalue weighted by Crippen LogP contribution is 2.45. The lowest BCUT2D eigenvalue weighted by atomic mass is 9.86. The average Bonchev–Trinajstić information content (AvgIpc) is 3.43. The number of hydrogen-bond acceptors (Lipinski definition) is 5. The van der Waals surface area contributed by atoms with Crippen LogP contribution in [0, 0.1) is 0 Å². The molecule has 1 saturated heterocycles. The Morgan fingerprint density at radius 3 is 2.53 bits per heavy atom. The van der Waals surface area contributed by atoms with Crippen molar-refractivity contribution >= 4 is 40.4 Å². The molecule has 2 amide bonds. The SMILES string of the molecule is CN(C(=O)c1ccc2c(c1)C(NC(=O)c1sccc1Cl)CC2(C)C)C1CCN(c2ccncc2)CC1. The van der Waals surface area contributed by atoms with E-state index >= 15 is 0 Å². The monoisotopic (exact) mass is 522 g/mol. The van der Waals surface area contributed by atoms with E-state index in [2.05, 4.69) is 35.1 Å². The van der Waals surface area contributed by atoms with Crippen LogP contribution in [0.1, 0.15) is 70.3 Å². The Morgan fingerprint density at radius 2 is 1.86 bits per heavy atom. The van der Waals surface area contributed by atoms with Crippen molar-refractivity contribution in [3.05, 3.63) is 80.8 Å². The highest BCUT2D eigenvalue weighted by molar-refractivity contribution is 7.12. The van der Waals surface area contributed by atoms with Crippen LogP contribution < -0.4 is 10.2 Å². The second-order valence-electron chi connectivity index (χ2n) is 10.4. The van der Waals surface area contributed by atoms with Gasteiger partial charge in [0.15, 0.2) is 0 Å². The van der Waals surface area contributed by atoms with Crippen LogP contribution in [-0.2, 0) is 5.41 Å². The summed E-state index contributed by atoms with van der Waals surface area (Å²) in [7, 11) is 1.91.